The highest BCUT2D eigenvalue weighted by Crippen LogP contribution is 2.11. The standard InChI is InChI=1S/C25H38N2O/c1-2-3-4-5-6-7-8-9-10-14-21-28-25(22-27-20-19-26-23-27)18-17-24-15-12-11-13-16-24/h11-13,15-20,23,25H,2-10,14,21-22H2,1H3/b18-17+. The fourth-order valence-electron chi connectivity index (χ4n) is 3.38. The highest BCUT2D eigenvalue weighted by atomic mass is 16.5. The van der Waals surface area contributed by atoms with Gasteiger partial charge in [0.15, 0.2) is 0 Å². The van der Waals surface area contributed by atoms with Gasteiger partial charge in [-0.3, -0.25) is 0 Å². The van der Waals surface area contributed by atoms with Crippen molar-refractivity contribution in [1.29, 1.82) is 0 Å². The molecule has 0 aliphatic carbocycles. The molecule has 0 spiro atoms. The lowest BCUT2D eigenvalue weighted by atomic mass is 10.1. The molecule has 1 aromatic carbocycles. The lowest BCUT2D eigenvalue weighted by Crippen LogP contribution is -2.17. The molecular weight excluding hydrogens is 344 g/mol. The topological polar surface area (TPSA) is 27.1 Å². The molecule has 28 heavy (non-hydrogen) atoms. The Labute approximate surface area is 171 Å². The Hall–Kier alpha value is -1.87. The van der Waals surface area contributed by atoms with E-state index in [1.165, 1.54) is 63.4 Å². The van der Waals surface area contributed by atoms with Gasteiger partial charge in [0.1, 0.15) is 0 Å². The van der Waals surface area contributed by atoms with Crippen molar-refractivity contribution in [2.45, 2.75) is 83.8 Å². The van der Waals surface area contributed by atoms with Gasteiger partial charge in [0.05, 0.1) is 19.0 Å². The Morgan fingerprint density at radius 3 is 2.25 bits per heavy atom. The van der Waals surface area contributed by atoms with Crippen LogP contribution in [0, 0.1) is 0 Å². The summed E-state index contributed by atoms with van der Waals surface area (Å²) in [5.74, 6) is 0. The predicted molar refractivity (Wildman–Crippen MR) is 119 cm³/mol. The van der Waals surface area contributed by atoms with Crippen LogP contribution in [-0.2, 0) is 11.3 Å². The number of benzene rings is 1. The fraction of sp³-hybridized carbons (Fsp3) is 0.560. The van der Waals surface area contributed by atoms with Gasteiger partial charge in [-0.2, -0.15) is 0 Å². The van der Waals surface area contributed by atoms with Crippen LogP contribution in [0.1, 0.15) is 76.7 Å². The molecule has 1 atom stereocenters. The summed E-state index contributed by atoms with van der Waals surface area (Å²) >= 11 is 0. The summed E-state index contributed by atoms with van der Waals surface area (Å²) in [6.07, 6.45) is 23.6. The number of unbranched alkanes of at least 4 members (excludes halogenated alkanes) is 9. The third-order valence-electron chi connectivity index (χ3n) is 5.08. The van der Waals surface area contributed by atoms with E-state index in [1.807, 2.05) is 24.8 Å². The molecule has 0 aliphatic rings. The largest absolute Gasteiger partial charge is 0.372 e. The summed E-state index contributed by atoms with van der Waals surface area (Å²) in [6.45, 7) is 3.91. The summed E-state index contributed by atoms with van der Waals surface area (Å²) in [5.41, 5.74) is 1.21. The average molecular weight is 383 g/mol. The van der Waals surface area contributed by atoms with Gasteiger partial charge in [0, 0.05) is 19.0 Å². The lowest BCUT2D eigenvalue weighted by molar-refractivity contribution is 0.0710. The molecule has 0 saturated carbocycles. The van der Waals surface area contributed by atoms with E-state index in [2.05, 4.69) is 52.9 Å². The Morgan fingerprint density at radius 1 is 0.929 bits per heavy atom. The molecule has 3 nitrogen and oxygen atoms in total. The number of rotatable bonds is 16. The summed E-state index contributed by atoms with van der Waals surface area (Å²) in [6, 6.07) is 10.4. The molecule has 1 unspecified atom stereocenters. The fourth-order valence-corrected chi connectivity index (χ4v) is 3.38. The second kappa shape index (κ2) is 15.1. The van der Waals surface area contributed by atoms with Crippen molar-refractivity contribution in [3.63, 3.8) is 0 Å². The maximum absolute atomic E-state index is 6.17. The van der Waals surface area contributed by atoms with Gasteiger partial charge in [-0.25, -0.2) is 4.98 Å². The number of aromatic nitrogens is 2. The number of hydrogen-bond donors (Lipinski definition) is 0. The SMILES string of the molecule is CCCCCCCCCCCCOC(/C=C/c1ccccc1)Cn1ccnc1. The molecule has 1 heterocycles. The first-order valence-corrected chi connectivity index (χ1v) is 11.2. The zero-order valence-corrected chi connectivity index (χ0v) is 17.6. The van der Waals surface area contributed by atoms with Gasteiger partial charge in [0.2, 0.25) is 0 Å². The van der Waals surface area contributed by atoms with E-state index in [0.717, 1.165) is 19.6 Å². The van der Waals surface area contributed by atoms with Gasteiger partial charge in [-0.15, -0.1) is 0 Å². The van der Waals surface area contributed by atoms with E-state index in [9.17, 15) is 0 Å². The van der Waals surface area contributed by atoms with Crippen LogP contribution in [0.15, 0.2) is 55.1 Å². The number of imidazole rings is 1. The van der Waals surface area contributed by atoms with E-state index >= 15 is 0 Å². The van der Waals surface area contributed by atoms with Crippen LogP contribution in [0.25, 0.3) is 6.08 Å². The summed E-state index contributed by atoms with van der Waals surface area (Å²) in [5, 5.41) is 0. The zero-order valence-electron chi connectivity index (χ0n) is 17.6. The van der Waals surface area contributed by atoms with Gasteiger partial charge >= 0.3 is 0 Å². The molecule has 0 bridgehead atoms. The number of ether oxygens (including phenoxy) is 1. The molecule has 2 aromatic rings. The minimum Gasteiger partial charge on any atom is -0.372 e. The van der Waals surface area contributed by atoms with Crippen LogP contribution in [-0.4, -0.2) is 22.3 Å². The van der Waals surface area contributed by atoms with Crippen molar-refractivity contribution < 1.29 is 4.74 Å². The highest BCUT2D eigenvalue weighted by Gasteiger charge is 2.06. The number of nitrogens with zero attached hydrogens (tertiary/aromatic N) is 2. The zero-order chi connectivity index (χ0) is 19.7. The summed E-state index contributed by atoms with van der Waals surface area (Å²) < 4.78 is 8.26. The molecule has 0 amide bonds. The second-order valence-electron chi connectivity index (χ2n) is 7.62. The first-order valence-electron chi connectivity index (χ1n) is 11.2. The Bertz CT molecular complexity index is 607. The average Bonchev–Trinajstić information content (AvgIpc) is 3.24. The Morgan fingerprint density at radius 2 is 1.61 bits per heavy atom. The molecule has 0 aliphatic heterocycles. The maximum Gasteiger partial charge on any atom is 0.0946 e. The van der Waals surface area contributed by atoms with Crippen molar-refractivity contribution in [2.24, 2.45) is 0 Å². The maximum atomic E-state index is 6.17. The number of hydrogen-bond acceptors (Lipinski definition) is 2. The van der Waals surface area contributed by atoms with Crippen LogP contribution in [0.2, 0.25) is 0 Å². The van der Waals surface area contributed by atoms with Crippen LogP contribution in [0.3, 0.4) is 0 Å². The van der Waals surface area contributed by atoms with Crippen LogP contribution >= 0.6 is 0 Å². The molecule has 154 valence electrons. The minimum atomic E-state index is 0.0768. The lowest BCUT2D eigenvalue weighted by Gasteiger charge is -2.15. The molecule has 0 radical (unpaired) electrons. The van der Waals surface area contributed by atoms with E-state index in [0.29, 0.717) is 0 Å². The molecular formula is C25H38N2O. The summed E-state index contributed by atoms with van der Waals surface area (Å²) in [7, 11) is 0. The van der Waals surface area contributed by atoms with E-state index in [-0.39, 0.29) is 6.10 Å². The highest BCUT2D eigenvalue weighted by molar-refractivity contribution is 5.49. The van der Waals surface area contributed by atoms with E-state index < -0.39 is 0 Å². The van der Waals surface area contributed by atoms with Crippen molar-refractivity contribution in [3.05, 3.63) is 60.7 Å². The monoisotopic (exact) mass is 382 g/mol. The first kappa shape index (κ1) is 22.4. The quantitative estimate of drug-likeness (QED) is 0.295. The van der Waals surface area contributed by atoms with Gasteiger partial charge in [-0.05, 0) is 12.0 Å². The molecule has 0 saturated heterocycles. The Kier molecular flexibility index (Phi) is 12.1. The first-order chi connectivity index (χ1) is 13.9. The minimum absolute atomic E-state index is 0.0768. The third-order valence-corrected chi connectivity index (χ3v) is 5.08. The normalized spacial score (nSPS) is 12.6. The molecule has 3 heteroatoms. The molecule has 0 N–H and O–H groups in total. The predicted octanol–water partition coefficient (Wildman–Crippen LogP) is 6.90. The van der Waals surface area contributed by atoms with E-state index in [1.54, 1.807) is 0 Å². The van der Waals surface area contributed by atoms with E-state index in [4.69, 9.17) is 4.74 Å². The van der Waals surface area contributed by atoms with Gasteiger partial charge < -0.3 is 9.30 Å². The van der Waals surface area contributed by atoms with Crippen molar-refractivity contribution >= 4 is 6.08 Å². The van der Waals surface area contributed by atoms with Crippen LogP contribution < -0.4 is 0 Å². The molecule has 2 rings (SSSR count). The summed E-state index contributed by atoms with van der Waals surface area (Å²) in [4.78, 5) is 4.14. The second-order valence-corrected chi connectivity index (χ2v) is 7.62. The van der Waals surface area contributed by atoms with Crippen LogP contribution in [0.4, 0.5) is 0 Å². The van der Waals surface area contributed by atoms with Gasteiger partial charge in [-0.1, -0.05) is 107 Å². The van der Waals surface area contributed by atoms with Crippen molar-refractivity contribution in [2.75, 3.05) is 6.61 Å². The Balaban J connectivity index is 1.61. The third kappa shape index (κ3) is 10.5. The van der Waals surface area contributed by atoms with Gasteiger partial charge in [0.25, 0.3) is 0 Å². The van der Waals surface area contributed by atoms with Crippen LogP contribution in [0.5, 0.6) is 0 Å². The van der Waals surface area contributed by atoms with Crippen molar-refractivity contribution in [1.82, 2.24) is 9.55 Å². The molecule has 1 aromatic heterocycles. The smallest absolute Gasteiger partial charge is 0.0946 e. The van der Waals surface area contributed by atoms with Crippen molar-refractivity contribution in [3.8, 4) is 0 Å². The molecule has 0 fully saturated rings.